The summed E-state index contributed by atoms with van der Waals surface area (Å²) < 4.78 is 16.8. The number of rotatable bonds is 10. The number of carbonyl (C=O) groups is 2. The monoisotopic (exact) mass is 528 g/mol. The number of hydrazone groups is 1. The minimum atomic E-state index is -0.766. The number of hydrogen-bond acceptors (Lipinski definition) is 6. The molecule has 0 aliphatic rings. The van der Waals surface area contributed by atoms with E-state index in [2.05, 4.69) is 10.5 Å². The third-order valence-electron chi connectivity index (χ3n) is 5.31. The highest BCUT2D eigenvalue weighted by atomic mass is 35.5. The van der Waals surface area contributed by atoms with Gasteiger partial charge < -0.3 is 14.2 Å². The standard InChI is InChI=1S/C30H25ClN2O5/c1-21(37-27-17-15-26(16-18-27)36-20-23-5-3-2-4-6-23)29(34)33-32-19-22-7-13-28(14-8-22)38-30(35)24-9-11-25(31)12-10-24/h2-19,21H,20H2,1H3,(H,33,34)/b32-19+. The Morgan fingerprint density at radius 1 is 0.842 bits per heavy atom. The van der Waals surface area contributed by atoms with Crippen molar-refractivity contribution in [3.05, 3.63) is 125 Å². The average molecular weight is 529 g/mol. The first-order chi connectivity index (χ1) is 18.5. The van der Waals surface area contributed by atoms with E-state index in [0.29, 0.717) is 40.0 Å². The molecule has 1 atom stereocenters. The van der Waals surface area contributed by atoms with Gasteiger partial charge in [-0.1, -0.05) is 41.9 Å². The lowest BCUT2D eigenvalue weighted by atomic mass is 10.2. The van der Waals surface area contributed by atoms with E-state index in [1.807, 2.05) is 30.3 Å². The third kappa shape index (κ3) is 7.94. The summed E-state index contributed by atoms with van der Waals surface area (Å²) in [6.07, 6.45) is 0.715. The SMILES string of the molecule is CC(Oc1ccc(OCc2ccccc2)cc1)C(=O)N/N=C/c1ccc(OC(=O)c2ccc(Cl)cc2)cc1. The van der Waals surface area contributed by atoms with E-state index < -0.39 is 18.0 Å². The highest BCUT2D eigenvalue weighted by Gasteiger charge is 2.14. The summed E-state index contributed by atoms with van der Waals surface area (Å²) in [5.41, 5.74) is 4.63. The van der Waals surface area contributed by atoms with Crippen LogP contribution < -0.4 is 19.6 Å². The highest BCUT2D eigenvalue weighted by molar-refractivity contribution is 6.30. The number of amides is 1. The molecule has 38 heavy (non-hydrogen) atoms. The number of nitrogens with zero attached hydrogens (tertiary/aromatic N) is 1. The largest absolute Gasteiger partial charge is 0.489 e. The Morgan fingerprint density at radius 3 is 2.16 bits per heavy atom. The van der Waals surface area contributed by atoms with Gasteiger partial charge in [0.1, 0.15) is 23.9 Å². The molecule has 1 amide bonds. The molecular formula is C30H25ClN2O5. The highest BCUT2D eigenvalue weighted by Crippen LogP contribution is 2.20. The van der Waals surface area contributed by atoms with E-state index in [4.69, 9.17) is 25.8 Å². The summed E-state index contributed by atoms with van der Waals surface area (Å²) in [4.78, 5) is 24.5. The predicted molar refractivity (Wildman–Crippen MR) is 146 cm³/mol. The Labute approximate surface area is 225 Å². The fourth-order valence-corrected chi connectivity index (χ4v) is 3.37. The van der Waals surface area contributed by atoms with E-state index >= 15 is 0 Å². The van der Waals surface area contributed by atoms with E-state index in [9.17, 15) is 9.59 Å². The van der Waals surface area contributed by atoms with Crippen LogP contribution in [0.3, 0.4) is 0 Å². The molecule has 0 fully saturated rings. The normalized spacial score (nSPS) is 11.5. The molecule has 0 heterocycles. The van der Waals surface area contributed by atoms with Crippen molar-refractivity contribution >= 4 is 29.7 Å². The molecule has 4 rings (SSSR count). The molecule has 0 saturated carbocycles. The Balaban J connectivity index is 1.21. The van der Waals surface area contributed by atoms with Crippen LogP contribution in [0.15, 0.2) is 108 Å². The van der Waals surface area contributed by atoms with E-state index in [1.165, 1.54) is 6.21 Å². The van der Waals surface area contributed by atoms with Crippen LogP contribution in [0.2, 0.25) is 5.02 Å². The summed E-state index contributed by atoms with van der Waals surface area (Å²) in [6, 6.07) is 30.1. The van der Waals surface area contributed by atoms with E-state index in [-0.39, 0.29) is 0 Å². The van der Waals surface area contributed by atoms with Gasteiger partial charge >= 0.3 is 5.97 Å². The molecule has 0 aliphatic carbocycles. The first-order valence-corrected chi connectivity index (χ1v) is 12.2. The first kappa shape index (κ1) is 26.4. The minimum Gasteiger partial charge on any atom is -0.489 e. The molecule has 0 radical (unpaired) electrons. The number of ether oxygens (including phenoxy) is 3. The van der Waals surface area contributed by atoms with Crippen molar-refractivity contribution in [1.82, 2.24) is 5.43 Å². The maximum absolute atomic E-state index is 12.4. The van der Waals surface area contributed by atoms with Gasteiger partial charge in [0.05, 0.1) is 11.8 Å². The molecule has 7 nitrogen and oxygen atoms in total. The quantitative estimate of drug-likeness (QED) is 0.117. The molecule has 1 unspecified atom stereocenters. The van der Waals surface area contributed by atoms with Crippen molar-refractivity contribution in [2.75, 3.05) is 0 Å². The van der Waals surface area contributed by atoms with Gasteiger partial charge in [0.15, 0.2) is 6.10 Å². The summed E-state index contributed by atoms with van der Waals surface area (Å²) >= 11 is 5.84. The Hall–Kier alpha value is -4.62. The predicted octanol–water partition coefficient (Wildman–Crippen LogP) is 6.06. The van der Waals surface area contributed by atoms with Crippen molar-refractivity contribution < 1.29 is 23.8 Å². The van der Waals surface area contributed by atoms with Crippen LogP contribution in [0.5, 0.6) is 17.2 Å². The number of benzene rings is 4. The van der Waals surface area contributed by atoms with Gasteiger partial charge in [-0.05, 0) is 90.8 Å². The zero-order valence-electron chi connectivity index (χ0n) is 20.5. The topological polar surface area (TPSA) is 86.2 Å². The lowest BCUT2D eigenvalue weighted by Gasteiger charge is -2.13. The number of hydrogen-bond donors (Lipinski definition) is 1. The zero-order valence-corrected chi connectivity index (χ0v) is 21.3. The summed E-state index contributed by atoms with van der Waals surface area (Å²) in [5, 5.41) is 4.51. The molecule has 1 N–H and O–H groups in total. The van der Waals surface area contributed by atoms with Gasteiger partial charge in [0, 0.05) is 5.02 Å². The van der Waals surface area contributed by atoms with Crippen molar-refractivity contribution in [1.29, 1.82) is 0 Å². The van der Waals surface area contributed by atoms with Gasteiger partial charge in [-0.25, -0.2) is 10.2 Å². The van der Waals surface area contributed by atoms with Gasteiger partial charge in [-0.2, -0.15) is 5.10 Å². The molecule has 192 valence electrons. The second kappa shape index (κ2) is 13.1. The van der Waals surface area contributed by atoms with Crippen LogP contribution in [0.4, 0.5) is 0 Å². The molecule has 0 saturated heterocycles. The van der Waals surface area contributed by atoms with Crippen LogP contribution >= 0.6 is 11.6 Å². The zero-order chi connectivity index (χ0) is 26.7. The van der Waals surface area contributed by atoms with Crippen molar-refractivity contribution in [2.24, 2.45) is 5.10 Å². The third-order valence-corrected chi connectivity index (χ3v) is 5.57. The van der Waals surface area contributed by atoms with Crippen molar-refractivity contribution in [3.8, 4) is 17.2 Å². The van der Waals surface area contributed by atoms with Crippen LogP contribution in [0.1, 0.15) is 28.4 Å². The maximum Gasteiger partial charge on any atom is 0.343 e. The lowest BCUT2D eigenvalue weighted by Crippen LogP contribution is -2.33. The Kier molecular flexibility index (Phi) is 9.10. The second-order valence-electron chi connectivity index (χ2n) is 8.21. The molecule has 4 aromatic rings. The number of nitrogens with one attached hydrogen (secondary N) is 1. The van der Waals surface area contributed by atoms with Gasteiger partial charge in [-0.3, -0.25) is 4.79 Å². The number of carbonyl (C=O) groups excluding carboxylic acids is 2. The van der Waals surface area contributed by atoms with Gasteiger partial charge in [0.2, 0.25) is 0 Å². The molecule has 0 aromatic heterocycles. The minimum absolute atomic E-state index is 0.379. The van der Waals surface area contributed by atoms with Crippen LogP contribution in [-0.4, -0.2) is 24.2 Å². The van der Waals surface area contributed by atoms with Crippen molar-refractivity contribution in [2.45, 2.75) is 19.6 Å². The van der Waals surface area contributed by atoms with Gasteiger partial charge in [-0.15, -0.1) is 0 Å². The molecule has 0 aliphatic heterocycles. The number of halogens is 1. The average Bonchev–Trinajstić information content (AvgIpc) is 2.94. The van der Waals surface area contributed by atoms with Crippen LogP contribution in [-0.2, 0) is 11.4 Å². The summed E-state index contributed by atoms with van der Waals surface area (Å²) in [7, 11) is 0. The maximum atomic E-state index is 12.4. The van der Waals surface area contributed by atoms with Crippen molar-refractivity contribution in [3.63, 3.8) is 0 Å². The lowest BCUT2D eigenvalue weighted by molar-refractivity contribution is -0.127. The summed E-state index contributed by atoms with van der Waals surface area (Å²) in [5.74, 6) is 0.726. The van der Waals surface area contributed by atoms with Crippen LogP contribution in [0.25, 0.3) is 0 Å². The Morgan fingerprint density at radius 2 is 1.47 bits per heavy atom. The second-order valence-corrected chi connectivity index (χ2v) is 8.64. The molecule has 0 spiro atoms. The molecular weight excluding hydrogens is 504 g/mol. The fraction of sp³-hybridized carbons (Fsp3) is 0.100. The van der Waals surface area contributed by atoms with Gasteiger partial charge in [0.25, 0.3) is 5.91 Å². The molecule has 8 heteroatoms. The number of esters is 1. The summed E-state index contributed by atoms with van der Waals surface area (Å²) in [6.45, 7) is 2.10. The molecule has 4 aromatic carbocycles. The van der Waals surface area contributed by atoms with E-state index in [1.54, 1.807) is 79.7 Å². The van der Waals surface area contributed by atoms with E-state index in [0.717, 1.165) is 5.56 Å². The molecule has 0 bridgehead atoms. The first-order valence-electron chi connectivity index (χ1n) is 11.8. The smallest absolute Gasteiger partial charge is 0.343 e. The van der Waals surface area contributed by atoms with Crippen LogP contribution in [0, 0.1) is 0 Å². The fourth-order valence-electron chi connectivity index (χ4n) is 3.25. The Bertz CT molecular complexity index is 1370.